The zero-order chi connectivity index (χ0) is 53.8. The molecule has 0 radical (unpaired) electrons. The molecule has 0 aliphatic carbocycles. The van der Waals surface area contributed by atoms with E-state index in [9.17, 15) is 0 Å². The lowest BCUT2D eigenvalue weighted by molar-refractivity contribution is -0.571. The molecule has 0 unspecified atom stereocenters. The van der Waals surface area contributed by atoms with Gasteiger partial charge in [-0.3, -0.25) is 18.7 Å². The van der Waals surface area contributed by atoms with E-state index in [-0.39, 0.29) is 33.4 Å². The largest absolute Gasteiger partial charge is 0.456 e. The Morgan fingerprint density at radius 2 is 1.33 bits per heavy atom. The van der Waals surface area contributed by atoms with E-state index in [0.29, 0.717) is 51.7 Å². The number of nitrogens with zero attached hydrogens (tertiary/aromatic N) is 5. The first-order chi connectivity index (χ1) is 35.4. The van der Waals surface area contributed by atoms with Crippen LogP contribution >= 0.6 is 0 Å². The van der Waals surface area contributed by atoms with Crippen molar-refractivity contribution in [3.63, 3.8) is 0 Å². The van der Waals surface area contributed by atoms with Crippen LogP contribution in [0.15, 0.2) is 176 Å². The van der Waals surface area contributed by atoms with Gasteiger partial charge in [0.2, 0.25) is 0 Å². The van der Waals surface area contributed by atoms with E-state index in [1.807, 2.05) is 92.1 Å². The van der Waals surface area contributed by atoms with E-state index in [2.05, 4.69) is 27.1 Å². The molecule has 0 aliphatic heterocycles. The first kappa shape index (κ1) is 28.3. The number of benzene rings is 6. The molecule has 0 atom stereocenters. The zero-order valence-corrected chi connectivity index (χ0v) is 35.8. The number of ether oxygens (including phenoxy) is 1. The summed E-state index contributed by atoms with van der Waals surface area (Å²) < 4.78 is 118. The molecule has 0 saturated carbocycles. The van der Waals surface area contributed by atoms with Crippen molar-refractivity contribution in [1.82, 2.24) is 19.1 Å². The lowest BCUT2D eigenvalue weighted by Gasteiger charge is -2.20. The fourth-order valence-corrected chi connectivity index (χ4v) is 8.12. The van der Waals surface area contributed by atoms with Gasteiger partial charge in [0.15, 0.2) is 0 Å². The lowest BCUT2D eigenvalue weighted by atomic mass is 9.88. The van der Waals surface area contributed by atoms with Gasteiger partial charge >= 0.3 is 0 Å². The Kier molecular flexibility index (Phi) is 7.13. The maximum atomic E-state index is 9.07. The fraction of sp³-hybridized carbons (Fsp3) is 0.175. The van der Waals surface area contributed by atoms with E-state index in [0.717, 1.165) is 21.8 Å². The molecule has 6 nitrogen and oxygen atoms in total. The molecule has 0 N–H and O–H groups in total. The quantitative estimate of drug-likeness (QED) is 0.107. The van der Waals surface area contributed by atoms with Crippen molar-refractivity contribution in [3.05, 3.63) is 194 Å². The van der Waals surface area contributed by atoms with Gasteiger partial charge in [0, 0.05) is 32.0 Å². The van der Waals surface area contributed by atoms with Gasteiger partial charge in [0.25, 0.3) is 6.33 Å². The summed E-state index contributed by atoms with van der Waals surface area (Å²) >= 11 is 0. The highest BCUT2D eigenvalue weighted by Crippen LogP contribution is 2.38. The Hall–Kier alpha value is -7.31. The highest BCUT2D eigenvalue weighted by Gasteiger charge is 2.23. The number of aromatic nitrogens is 5. The molecule has 0 spiro atoms. The van der Waals surface area contributed by atoms with E-state index in [1.54, 1.807) is 57.9 Å². The van der Waals surface area contributed by atoms with Gasteiger partial charge in [-0.25, -0.2) is 4.98 Å². The van der Waals surface area contributed by atoms with E-state index < -0.39 is 72.2 Å². The second-order valence-electron chi connectivity index (χ2n) is 17.7. The van der Waals surface area contributed by atoms with Gasteiger partial charge in [-0.1, -0.05) is 163 Å². The summed E-state index contributed by atoms with van der Waals surface area (Å²) in [6, 6.07) is 25.8. The highest BCUT2D eigenvalue weighted by molar-refractivity contribution is 6.09. The first-order valence-corrected chi connectivity index (χ1v) is 20.8. The average Bonchev–Trinajstić information content (AvgIpc) is 3.94. The van der Waals surface area contributed by atoms with Crippen LogP contribution in [0.3, 0.4) is 0 Å². The summed E-state index contributed by atoms with van der Waals surface area (Å²) in [5, 5.41) is 1.92. The van der Waals surface area contributed by atoms with Crippen LogP contribution in [0, 0.1) is 17.2 Å². The number of para-hydroxylation sites is 4. The highest BCUT2D eigenvalue weighted by atomic mass is 16.5. The van der Waals surface area contributed by atoms with Gasteiger partial charge in [0.1, 0.15) is 17.3 Å². The maximum absolute atomic E-state index is 9.07. The summed E-state index contributed by atoms with van der Waals surface area (Å²) in [5.74, 6) is 1.49. The topological polar surface area (TPSA) is 48.8 Å². The van der Waals surface area contributed by atoms with E-state index in [4.69, 9.17) is 31.2 Å². The summed E-state index contributed by atoms with van der Waals surface area (Å²) in [6.45, 7) is 12.0. The normalized spacial score (nSPS) is 15.0. The maximum Gasteiger partial charge on any atom is 0.269 e. The molecule has 0 bridgehead atoms. The van der Waals surface area contributed by atoms with Crippen molar-refractivity contribution < 1.29 is 25.8 Å². The lowest BCUT2D eigenvalue weighted by Crippen LogP contribution is -2.31. The Morgan fingerprint density at radius 3 is 2.03 bits per heavy atom. The van der Waals surface area contributed by atoms with Crippen molar-refractivity contribution in [2.45, 2.75) is 54.3 Å². The van der Waals surface area contributed by atoms with Crippen molar-refractivity contribution >= 4 is 32.8 Å². The third kappa shape index (κ3) is 7.89. The van der Waals surface area contributed by atoms with E-state index >= 15 is 0 Å². The number of hydrogen-bond acceptors (Lipinski definition) is 3. The Morgan fingerprint density at radius 1 is 0.667 bits per heavy atom. The smallest absolute Gasteiger partial charge is 0.269 e. The van der Waals surface area contributed by atoms with Gasteiger partial charge in [-0.05, 0) is 87.8 Å². The molecule has 0 aliphatic rings. The predicted octanol–water partition coefficient (Wildman–Crippen LogP) is 13.9. The molecule has 63 heavy (non-hydrogen) atoms. The molecule has 0 fully saturated rings. The number of rotatable bonds is 9. The number of pyridine rings is 2. The van der Waals surface area contributed by atoms with Crippen LogP contribution in [0.5, 0.6) is 11.5 Å². The van der Waals surface area contributed by atoms with Crippen LogP contribution in [0.25, 0.3) is 72.3 Å². The van der Waals surface area contributed by atoms with Crippen molar-refractivity contribution in [2.24, 2.45) is 10.8 Å². The monoisotopic (exact) mass is 833 g/mol. The Labute approximate surface area is 386 Å². The molecule has 4 aromatic heterocycles. The molecule has 6 aromatic carbocycles. The molecule has 10 rings (SSSR count). The molecule has 4 heterocycles. The van der Waals surface area contributed by atoms with Crippen LogP contribution in [-0.2, 0) is 12.8 Å². The summed E-state index contributed by atoms with van der Waals surface area (Å²) in [6.07, 6.45) is 5.65. The Bertz CT molecular complexity index is 3840. The first-order valence-electron chi connectivity index (χ1n) is 26.8. The minimum Gasteiger partial charge on any atom is -0.456 e. The number of hydrogen-bond donors (Lipinski definition) is 0. The molecule has 0 amide bonds. The van der Waals surface area contributed by atoms with Crippen LogP contribution < -0.4 is 9.30 Å². The summed E-state index contributed by atoms with van der Waals surface area (Å²) in [7, 11) is 0. The minimum absolute atomic E-state index is 0.130. The summed E-state index contributed by atoms with van der Waals surface area (Å²) in [5.41, 5.74) is 3.64. The van der Waals surface area contributed by atoms with Gasteiger partial charge in [-0.2, -0.15) is 0 Å². The van der Waals surface area contributed by atoms with Crippen LogP contribution in [0.1, 0.15) is 69.2 Å². The second kappa shape index (κ2) is 15.9. The average molecular weight is 834 g/mol. The fourth-order valence-electron chi connectivity index (χ4n) is 8.12. The number of fused-ring (bicyclic) bond motifs is 4. The second-order valence-corrected chi connectivity index (χ2v) is 17.7. The SMILES string of the molecule is [2H]c1c([2H])c([2H])c(-c2cccc(-c3c([2H])c([2H])c([2H])c([2H])c3[2H])c2-[n+]2[c-]n(-c3cnc(CC(C)(C)C)c(Oc4ccc5c6ccccc6n(-c6cc(C([2H])([2H])C(C)(C)C)ccn6)c5c4)c3)c3ccccc32)c([2H])c1[2H]. The number of imidazole rings is 1. The third-order valence-electron chi connectivity index (χ3n) is 10.6. The van der Waals surface area contributed by atoms with Crippen LogP contribution in [0.4, 0.5) is 0 Å². The molecular weight excluding hydrogens is 771 g/mol. The standard InChI is InChI=1S/C57H51N5O/c1-56(2,3)35-39-30-31-58-54(32-39)62-49-25-14-13-22-46(49)47-29-28-43(34-52(47)62)63-53-33-42(37-59-48(53)36-57(4,5)6)60-38-61(51-27-16-15-26-50(51)60)55-44(40-18-9-7-10-19-40)23-17-24-45(55)41-20-11-8-12-21-41/h7-34,37H,35-36H2,1-6H3/i7D,8D,9D,10D,11D,12D,18D,19D,20D,21D,35D2. The van der Waals surface area contributed by atoms with Crippen LogP contribution in [0.2, 0.25) is 0 Å². The van der Waals surface area contributed by atoms with Gasteiger partial charge in [-0.15, -0.1) is 0 Å². The molecular formula is C57H51N5O. The predicted molar refractivity (Wildman–Crippen MR) is 257 cm³/mol. The third-order valence-corrected chi connectivity index (χ3v) is 10.6. The van der Waals surface area contributed by atoms with Gasteiger partial charge < -0.3 is 4.74 Å². The van der Waals surface area contributed by atoms with Crippen molar-refractivity contribution in [1.29, 1.82) is 0 Å². The molecule has 10 aromatic rings. The molecule has 6 heteroatoms. The van der Waals surface area contributed by atoms with Crippen molar-refractivity contribution in [2.75, 3.05) is 0 Å². The van der Waals surface area contributed by atoms with Crippen LogP contribution in [-0.4, -0.2) is 19.1 Å². The van der Waals surface area contributed by atoms with Crippen molar-refractivity contribution in [3.8, 4) is 50.9 Å². The Balaban J connectivity index is 1.18. The minimum atomic E-state index is -1.67. The zero-order valence-electron chi connectivity index (χ0n) is 47.8. The van der Waals surface area contributed by atoms with E-state index in [1.165, 1.54) is 0 Å². The van der Waals surface area contributed by atoms with Gasteiger partial charge in [0.05, 0.1) is 52.8 Å². The molecule has 0 saturated heterocycles. The summed E-state index contributed by atoms with van der Waals surface area (Å²) in [4.78, 5) is 9.80. The molecule has 310 valence electrons.